The number of imide groups is 1. The van der Waals surface area contributed by atoms with Gasteiger partial charge in [0.2, 0.25) is 0 Å². The Labute approximate surface area is 133 Å². The normalized spacial score (nSPS) is 14.9. The van der Waals surface area contributed by atoms with Crippen molar-refractivity contribution < 1.29 is 9.59 Å². The third kappa shape index (κ3) is 2.68. The zero-order chi connectivity index (χ0) is 15.5. The zero-order valence-electron chi connectivity index (χ0n) is 11.8. The van der Waals surface area contributed by atoms with Crippen LogP contribution < -0.4 is 0 Å². The Morgan fingerprint density at radius 1 is 0.818 bits per heavy atom. The van der Waals surface area contributed by atoms with E-state index in [2.05, 4.69) is 0 Å². The summed E-state index contributed by atoms with van der Waals surface area (Å²) in [6, 6.07) is 18.8. The summed E-state index contributed by atoms with van der Waals surface area (Å²) in [6.45, 7) is 0.328. The van der Waals surface area contributed by atoms with Crippen molar-refractivity contribution in [1.82, 2.24) is 4.90 Å². The van der Waals surface area contributed by atoms with Crippen LogP contribution in [0.2, 0.25) is 0 Å². The van der Waals surface area contributed by atoms with Crippen molar-refractivity contribution >= 4 is 29.0 Å². The van der Waals surface area contributed by atoms with Gasteiger partial charge in [0.05, 0.1) is 5.57 Å². The Balaban J connectivity index is 1.79. The highest BCUT2D eigenvalue weighted by Gasteiger charge is 2.37. The van der Waals surface area contributed by atoms with Crippen molar-refractivity contribution in [2.75, 3.05) is 6.54 Å². The second-order valence-electron chi connectivity index (χ2n) is 5.05. The summed E-state index contributed by atoms with van der Waals surface area (Å²) < 4.78 is 0. The number of hydrogen-bond donors (Lipinski definition) is 0. The first kappa shape index (κ1) is 14.5. The topological polar surface area (TPSA) is 37.4 Å². The summed E-state index contributed by atoms with van der Waals surface area (Å²) >= 11 is 6.10. The van der Waals surface area contributed by atoms with Gasteiger partial charge in [-0.3, -0.25) is 14.5 Å². The summed E-state index contributed by atoms with van der Waals surface area (Å²) in [5.41, 5.74) is 2.04. The maximum atomic E-state index is 12.5. The molecule has 0 bridgehead atoms. The average molecular weight is 312 g/mol. The molecule has 0 aromatic heterocycles. The molecular formula is C18H14ClNO2. The van der Waals surface area contributed by atoms with E-state index in [1.807, 2.05) is 48.5 Å². The molecule has 1 heterocycles. The van der Waals surface area contributed by atoms with Crippen LogP contribution in [-0.4, -0.2) is 23.3 Å². The lowest BCUT2D eigenvalue weighted by Crippen LogP contribution is -2.33. The number of hydrogen-bond acceptors (Lipinski definition) is 2. The van der Waals surface area contributed by atoms with E-state index in [4.69, 9.17) is 11.6 Å². The number of carbonyl (C=O) groups excluding carboxylic acids is 2. The molecule has 0 spiro atoms. The van der Waals surface area contributed by atoms with Gasteiger partial charge in [-0.25, -0.2) is 0 Å². The van der Waals surface area contributed by atoms with Crippen molar-refractivity contribution in [2.24, 2.45) is 0 Å². The summed E-state index contributed by atoms with van der Waals surface area (Å²) in [5, 5.41) is 0.00395. The van der Waals surface area contributed by atoms with Gasteiger partial charge in [-0.15, -0.1) is 0 Å². The molecular weight excluding hydrogens is 298 g/mol. The molecule has 1 aliphatic heterocycles. The highest BCUT2D eigenvalue weighted by molar-refractivity contribution is 6.55. The summed E-state index contributed by atoms with van der Waals surface area (Å²) in [4.78, 5) is 26.0. The lowest BCUT2D eigenvalue weighted by atomic mass is 10.1. The van der Waals surface area contributed by atoms with Crippen LogP contribution in [0.25, 0.3) is 5.57 Å². The van der Waals surface area contributed by atoms with Crippen LogP contribution in [0.3, 0.4) is 0 Å². The molecule has 2 amide bonds. The van der Waals surface area contributed by atoms with Crippen molar-refractivity contribution in [3.05, 3.63) is 76.8 Å². The van der Waals surface area contributed by atoms with Gasteiger partial charge in [0.1, 0.15) is 5.03 Å². The average Bonchev–Trinajstić information content (AvgIpc) is 2.77. The molecule has 3 nitrogen and oxygen atoms in total. The summed E-state index contributed by atoms with van der Waals surface area (Å²) in [7, 11) is 0. The van der Waals surface area contributed by atoms with Crippen molar-refractivity contribution in [3.8, 4) is 0 Å². The van der Waals surface area contributed by atoms with Crippen LogP contribution in [0.4, 0.5) is 0 Å². The summed E-state index contributed by atoms with van der Waals surface area (Å²) in [5.74, 6) is -0.737. The molecule has 0 atom stereocenters. The van der Waals surface area contributed by atoms with Crippen molar-refractivity contribution in [2.45, 2.75) is 6.42 Å². The van der Waals surface area contributed by atoms with Crippen LogP contribution in [0, 0.1) is 0 Å². The van der Waals surface area contributed by atoms with Crippen molar-refractivity contribution in [1.29, 1.82) is 0 Å². The highest BCUT2D eigenvalue weighted by atomic mass is 35.5. The van der Waals surface area contributed by atoms with E-state index >= 15 is 0 Å². The quantitative estimate of drug-likeness (QED) is 0.813. The first-order chi connectivity index (χ1) is 10.7. The van der Waals surface area contributed by atoms with Gasteiger partial charge in [-0.1, -0.05) is 72.3 Å². The lowest BCUT2D eigenvalue weighted by molar-refractivity contribution is -0.136. The SMILES string of the molecule is O=C1C(Cl)=C(c2ccccc2)C(=O)N1CCc1ccccc1. The molecule has 22 heavy (non-hydrogen) atoms. The maximum Gasteiger partial charge on any atom is 0.273 e. The number of halogens is 1. The maximum absolute atomic E-state index is 12.5. The van der Waals surface area contributed by atoms with Crippen LogP contribution in [-0.2, 0) is 16.0 Å². The van der Waals surface area contributed by atoms with E-state index < -0.39 is 5.91 Å². The van der Waals surface area contributed by atoms with E-state index in [9.17, 15) is 9.59 Å². The second kappa shape index (κ2) is 6.16. The molecule has 0 saturated carbocycles. The number of amides is 2. The third-order valence-corrected chi connectivity index (χ3v) is 3.99. The predicted molar refractivity (Wildman–Crippen MR) is 86.1 cm³/mol. The predicted octanol–water partition coefficient (Wildman–Crippen LogP) is 3.25. The Morgan fingerprint density at radius 3 is 2.05 bits per heavy atom. The number of carbonyl (C=O) groups is 2. The second-order valence-corrected chi connectivity index (χ2v) is 5.43. The van der Waals surface area contributed by atoms with Gasteiger partial charge in [0.25, 0.3) is 11.8 Å². The monoisotopic (exact) mass is 311 g/mol. The molecule has 0 unspecified atom stereocenters. The Morgan fingerprint density at radius 2 is 1.41 bits per heavy atom. The number of rotatable bonds is 4. The molecule has 2 aromatic rings. The minimum atomic E-state index is -0.415. The van der Waals surface area contributed by atoms with Gasteiger partial charge in [-0.05, 0) is 17.5 Å². The van der Waals surface area contributed by atoms with E-state index in [0.29, 0.717) is 24.1 Å². The number of benzene rings is 2. The van der Waals surface area contributed by atoms with Gasteiger partial charge in [0.15, 0.2) is 0 Å². The van der Waals surface area contributed by atoms with Crippen LogP contribution >= 0.6 is 11.6 Å². The molecule has 0 radical (unpaired) electrons. The Bertz CT molecular complexity index is 738. The van der Waals surface area contributed by atoms with Gasteiger partial charge < -0.3 is 0 Å². The molecule has 0 saturated heterocycles. The zero-order valence-corrected chi connectivity index (χ0v) is 12.6. The van der Waals surface area contributed by atoms with E-state index in [0.717, 1.165) is 5.56 Å². The molecule has 0 fully saturated rings. The minimum Gasteiger partial charge on any atom is -0.273 e. The largest absolute Gasteiger partial charge is 0.273 e. The molecule has 2 aromatic carbocycles. The fourth-order valence-electron chi connectivity index (χ4n) is 2.49. The smallest absolute Gasteiger partial charge is 0.273 e. The van der Waals surface area contributed by atoms with Gasteiger partial charge >= 0.3 is 0 Å². The van der Waals surface area contributed by atoms with E-state index in [1.54, 1.807) is 12.1 Å². The van der Waals surface area contributed by atoms with Crippen molar-refractivity contribution in [3.63, 3.8) is 0 Å². The van der Waals surface area contributed by atoms with Crippen LogP contribution in [0.5, 0.6) is 0 Å². The van der Waals surface area contributed by atoms with Gasteiger partial charge in [-0.2, -0.15) is 0 Å². The highest BCUT2D eigenvalue weighted by Crippen LogP contribution is 2.31. The first-order valence-corrected chi connectivity index (χ1v) is 7.41. The molecule has 0 aliphatic carbocycles. The molecule has 0 N–H and O–H groups in total. The third-order valence-electron chi connectivity index (χ3n) is 3.64. The van der Waals surface area contributed by atoms with Crippen LogP contribution in [0.1, 0.15) is 11.1 Å². The standard InChI is InChI=1S/C18H14ClNO2/c19-16-15(14-9-5-2-6-10-14)17(21)20(18(16)22)12-11-13-7-3-1-4-8-13/h1-10H,11-12H2. The molecule has 3 rings (SSSR count). The van der Waals surface area contributed by atoms with E-state index in [1.165, 1.54) is 4.90 Å². The fraction of sp³-hybridized carbons (Fsp3) is 0.111. The molecule has 4 heteroatoms. The number of nitrogens with zero attached hydrogens (tertiary/aromatic N) is 1. The minimum absolute atomic E-state index is 0.00395. The van der Waals surface area contributed by atoms with Gasteiger partial charge in [0, 0.05) is 6.54 Å². The fourth-order valence-corrected chi connectivity index (χ4v) is 2.78. The first-order valence-electron chi connectivity index (χ1n) is 7.04. The Kier molecular flexibility index (Phi) is 4.07. The van der Waals surface area contributed by atoms with Crippen LogP contribution in [0.15, 0.2) is 65.7 Å². The lowest BCUT2D eigenvalue weighted by Gasteiger charge is -2.14. The van der Waals surface area contributed by atoms with E-state index in [-0.39, 0.29) is 10.9 Å². The molecule has 1 aliphatic rings. The molecule has 110 valence electrons. The summed E-state index contributed by atoms with van der Waals surface area (Å²) in [6.07, 6.45) is 0.616. The Hall–Kier alpha value is -2.39.